The molecule has 3 nitrogen and oxygen atoms in total. The predicted octanol–water partition coefficient (Wildman–Crippen LogP) is 1.39. The highest BCUT2D eigenvalue weighted by molar-refractivity contribution is 4.90. The average Bonchev–Trinajstić information content (AvgIpc) is 2.13. The number of rotatable bonds is 0. The van der Waals surface area contributed by atoms with Gasteiger partial charge in [-0.05, 0) is 18.8 Å². The van der Waals surface area contributed by atoms with E-state index in [-0.39, 0.29) is 11.0 Å². The Morgan fingerprint density at radius 1 is 1.31 bits per heavy atom. The molecule has 1 heterocycles. The maximum absolute atomic E-state index is 5.90. The summed E-state index contributed by atoms with van der Waals surface area (Å²) in [5.41, 5.74) is 0.138. The van der Waals surface area contributed by atoms with Gasteiger partial charge in [0.2, 0.25) is 0 Å². The second-order valence-electron chi connectivity index (χ2n) is 5.12. The molecule has 1 aliphatic heterocycles. The molecule has 3 heteroatoms. The molecular weight excluding hydrogens is 164 g/mol. The van der Waals surface area contributed by atoms with Crippen LogP contribution in [-0.2, 0) is 4.74 Å². The first-order valence-corrected chi connectivity index (χ1v) is 4.99. The Balaban J connectivity index is 2.68. The van der Waals surface area contributed by atoms with Gasteiger partial charge >= 0.3 is 0 Å². The summed E-state index contributed by atoms with van der Waals surface area (Å²) in [6.45, 7) is 11.4. The van der Waals surface area contributed by atoms with Crippen LogP contribution in [0.3, 0.4) is 0 Å². The number of hydrogen-bond donors (Lipinski definition) is 1. The summed E-state index contributed by atoms with van der Waals surface area (Å²) in [5.74, 6) is 5.75. The molecular formula is C10H22N2O. The number of hydrazine groups is 1. The van der Waals surface area contributed by atoms with Crippen LogP contribution in [0.2, 0.25) is 0 Å². The SMILES string of the molecule is CC(C)(C)C1(C)CCN(N)CCO1. The van der Waals surface area contributed by atoms with Crippen molar-refractivity contribution in [3.63, 3.8) is 0 Å². The van der Waals surface area contributed by atoms with Gasteiger partial charge in [-0.3, -0.25) is 5.84 Å². The molecule has 1 saturated heterocycles. The predicted molar refractivity (Wildman–Crippen MR) is 54.2 cm³/mol. The van der Waals surface area contributed by atoms with Crippen molar-refractivity contribution >= 4 is 0 Å². The summed E-state index contributed by atoms with van der Waals surface area (Å²) in [6.07, 6.45) is 1.01. The van der Waals surface area contributed by atoms with Crippen molar-refractivity contribution in [1.82, 2.24) is 5.01 Å². The Kier molecular flexibility index (Phi) is 3.00. The first-order valence-electron chi connectivity index (χ1n) is 4.99. The lowest BCUT2D eigenvalue weighted by atomic mass is 9.75. The van der Waals surface area contributed by atoms with E-state index < -0.39 is 0 Å². The van der Waals surface area contributed by atoms with Gasteiger partial charge < -0.3 is 4.74 Å². The molecule has 0 bridgehead atoms. The second-order valence-corrected chi connectivity index (χ2v) is 5.12. The minimum Gasteiger partial charge on any atom is -0.373 e. The van der Waals surface area contributed by atoms with Gasteiger partial charge in [0.15, 0.2) is 0 Å². The Labute approximate surface area is 81.2 Å². The third kappa shape index (κ3) is 2.42. The third-order valence-corrected chi connectivity index (χ3v) is 3.26. The molecule has 1 aliphatic rings. The normalized spacial score (nSPS) is 33.0. The Morgan fingerprint density at radius 3 is 2.46 bits per heavy atom. The van der Waals surface area contributed by atoms with Crippen LogP contribution in [0.1, 0.15) is 34.1 Å². The van der Waals surface area contributed by atoms with Gasteiger partial charge in [-0.15, -0.1) is 0 Å². The van der Waals surface area contributed by atoms with E-state index in [4.69, 9.17) is 10.6 Å². The monoisotopic (exact) mass is 186 g/mol. The van der Waals surface area contributed by atoms with Crippen molar-refractivity contribution in [2.45, 2.75) is 39.7 Å². The van der Waals surface area contributed by atoms with Crippen molar-refractivity contribution in [3.8, 4) is 0 Å². The molecule has 0 aromatic carbocycles. The number of nitrogens with zero attached hydrogens (tertiary/aromatic N) is 1. The molecule has 13 heavy (non-hydrogen) atoms. The lowest BCUT2D eigenvalue weighted by Crippen LogP contribution is -2.43. The quantitative estimate of drug-likeness (QED) is 0.581. The molecule has 1 atom stereocenters. The molecule has 1 unspecified atom stereocenters. The van der Waals surface area contributed by atoms with Crippen molar-refractivity contribution in [2.24, 2.45) is 11.3 Å². The minimum atomic E-state index is -0.0406. The fourth-order valence-corrected chi connectivity index (χ4v) is 1.52. The third-order valence-electron chi connectivity index (χ3n) is 3.26. The van der Waals surface area contributed by atoms with Gasteiger partial charge in [0, 0.05) is 13.1 Å². The summed E-state index contributed by atoms with van der Waals surface area (Å²) in [6, 6.07) is 0. The van der Waals surface area contributed by atoms with Gasteiger partial charge in [0.1, 0.15) is 0 Å². The van der Waals surface area contributed by atoms with Gasteiger partial charge in [-0.1, -0.05) is 20.8 Å². The van der Waals surface area contributed by atoms with E-state index in [0.29, 0.717) is 0 Å². The zero-order valence-electron chi connectivity index (χ0n) is 9.26. The maximum Gasteiger partial charge on any atom is 0.0715 e. The smallest absolute Gasteiger partial charge is 0.0715 e. The molecule has 1 fully saturated rings. The van der Waals surface area contributed by atoms with Crippen LogP contribution in [0, 0.1) is 5.41 Å². The van der Waals surface area contributed by atoms with E-state index in [1.54, 1.807) is 0 Å². The Bertz CT molecular complexity index is 176. The largest absolute Gasteiger partial charge is 0.373 e. The van der Waals surface area contributed by atoms with Crippen LogP contribution in [0.5, 0.6) is 0 Å². The lowest BCUT2D eigenvalue weighted by Gasteiger charge is -2.40. The zero-order valence-corrected chi connectivity index (χ0v) is 9.26. The summed E-state index contributed by atoms with van der Waals surface area (Å²) < 4.78 is 5.90. The van der Waals surface area contributed by atoms with Crippen molar-refractivity contribution in [3.05, 3.63) is 0 Å². The first-order chi connectivity index (χ1) is 5.85. The van der Waals surface area contributed by atoms with Crippen molar-refractivity contribution in [2.75, 3.05) is 19.7 Å². The van der Waals surface area contributed by atoms with Crippen LogP contribution >= 0.6 is 0 Å². The van der Waals surface area contributed by atoms with E-state index in [1.165, 1.54) is 0 Å². The van der Waals surface area contributed by atoms with Crippen LogP contribution in [0.4, 0.5) is 0 Å². The summed E-state index contributed by atoms with van der Waals surface area (Å²) in [7, 11) is 0. The van der Waals surface area contributed by atoms with Gasteiger partial charge in [0.05, 0.1) is 12.2 Å². The Morgan fingerprint density at radius 2 is 1.92 bits per heavy atom. The standard InChI is InChI=1S/C10H22N2O/c1-9(2,3)10(4)5-6-12(11)7-8-13-10/h5-8,11H2,1-4H3. The van der Waals surface area contributed by atoms with E-state index in [2.05, 4.69) is 27.7 Å². The summed E-state index contributed by atoms with van der Waals surface area (Å²) >= 11 is 0. The molecule has 1 rings (SSSR count). The molecule has 0 spiro atoms. The summed E-state index contributed by atoms with van der Waals surface area (Å²) in [4.78, 5) is 0. The van der Waals surface area contributed by atoms with Crippen LogP contribution in [0.15, 0.2) is 0 Å². The average molecular weight is 186 g/mol. The summed E-state index contributed by atoms with van der Waals surface area (Å²) in [5, 5.41) is 1.84. The molecule has 0 radical (unpaired) electrons. The molecule has 2 N–H and O–H groups in total. The lowest BCUT2D eigenvalue weighted by molar-refractivity contribution is -0.0977. The molecule has 0 aromatic rings. The van der Waals surface area contributed by atoms with Gasteiger partial charge in [-0.25, -0.2) is 5.01 Å². The van der Waals surface area contributed by atoms with Crippen molar-refractivity contribution in [1.29, 1.82) is 0 Å². The van der Waals surface area contributed by atoms with E-state index in [0.717, 1.165) is 26.1 Å². The van der Waals surface area contributed by atoms with E-state index in [1.807, 2.05) is 5.01 Å². The molecule has 0 aromatic heterocycles. The first kappa shape index (κ1) is 11.0. The van der Waals surface area contributed by atoms with E-state index in [9.17, 15) is 0 Å². The highest BCUT2D eigenvalue weighted by atomic mass is 16.5. The fraction of sp³-hybridized carbons (Fsp3) is 1.00. The number of hydrogen-bond acceptors (Lipinski definition) is 3. The van der Waals surface area contributed by atoms with E-state index >= 15 is 0 Å². The number of ether oxygens (including phenoxy) is 1. The molecule has 0 amide bonds. The van der Waals surface area contributed by atoms with Crippen LogP contribution in [-0.4, -0.2) is 30.3 Å². The topological polar surface area (TPSA) is 38.5 Å². The molecule has 78 valence electrons. The highest BCUT2D eigenvalue weighted by Crippen LogP contribution is 2.37. The van der Waals surface area contributed by atoms with Crippen LogP contribution < -0.4 is 5.84 Å². The highest BCUT2D eigenvalue weighted by Gasteiger charge is 2.39. The fourth-order valence-electron chi connectivity index (χ4n) is 1.52. The minimum absolute atomic E-state index is 0.0406. The van der Waals surface area contributed by atoms with Crippen molar-refractivity contribution < 1.29 is 4.74 Å². The van der Waals surface area contributed by atoms with Gasteiger partial charge in [0.25, 0.3) is 0 Å². The maximum atomic E-state index is 5.90. The number of nitrogens with two attached hydrogens (primary N) is 1. The van der Waals surface area contributed by atoms with Gasteiger partial charge in [-0.2, -0.15) is 0 Å². The molecule has 0 aliphatic carbocycles. The zero-order chi connectivity index (χ0) is 10.1. The second kappa shape index (κ2) is 3.56. The van der Waals surface area contributed by atoms with Crippen LogP contribution in [0.25, 0.3) is 0 Å². The Hall–Kier alpha value is -0.120. The molecule has 0 saturated carbocycles.